The van der Waals surface area contributed by atoms with Gasteiger partial charge in [0, 0.05) is 25.1 Å². The van der Waals surface area contributed by atoms with Gasteiger partial charge in [-0.15, -0.1) is 6.58 Å². The predicted molar refractivity (Wildman–Crippen MR) is 161 cm³/mol. The smallest absolute Gasteiger partial charge is 0.410 e. The first-order chi connectivity index (χ1) is 18.6. The molecule has 0 aromatic heterocycles. The topological polar surface area (TPSA) is 116 Å². The first kappa shape index (κ1) is 35.4. The molecule has 0 bridgehead atoms. The number of hydrogen-bond acceptors (Lipinski definition) is 5. The number of benzene rings is 1. The average molecular weight is 572 g/mol. The predicted octanol–water partition coefficient (Wildman–Crippen LogP) is 5.16. The van der Waals surface area contributed by atoms with Crippen molar-refractivity contribution < 1.29 is 29.0 Å². The van der Waals surface area contributed by atoms with E-state index in [9.17, 15) is 24.3 Å². The van der Waals surface area contributed by atoms with Gasteiger partial charge in [0.15, 0.2) is 0 Å². The molecule has 0 saturated heterocycles. The van der Waals surface area contributed by atoms with Gasteiger partial charge in [-0.25, -0.2) is 9.59 Å². The fraction of sp³-hybridized carbons (Fsp3) is 0.562. The number of carboxylic acid groups (broad SMARTS) is 1. The molecule has 1 aromatic rings. The summed E-state index contributed by atoms with van der Waals surface area (Å²) < 4.78 is 5.60. The van der Waals surface area contributed by atoms with Gasteiger partial charge >= 0.3 is 12.1 Å². The second kappa shape index (κ2) is 13.8. The Hall–Kier alpha value is -3.62. The van der Waals surface area contributed by atoms with Gasteiger partial charge in [0.1, 0.15) is 17.7 Å². The highest BCUT2D eigenvalue weighted by Gasteiger charge is 2.45. The summed E-state index contributed by atoms with van der Waals surface area (Å²) in [7, 11) is 3.09. The second-order valence-electron chi connectivity index (χ2n) is 13.1. The highest BCUT2D eigenvalue weighted by atomic mass is 16.6. The van der Waals surface area contributed by atoms with E-state index in [1.165, 1.54) is 29.8 Å². The van der Waals surface area contributed by atoms with Crippen LogP contribution in [0.15, 0.2) is 54.6 Å². The summed E-state index contributed by atoms with van der Waals surface area (Å²) in [6.07, 6.45) is 2.76. The van der Waals surface area contributed by atoms with Crippen molar-refractivity contribution in [1.29, 1.82) is 0 Å². The molecule has 1 unspecified atom stereocenters. The maximum atomic E-state index is 14.2. The molecule has 0 aliphatic rings. The molecule has 3 atom stereocenters. The highest BCUT2D eigenvalue weighted by Crippen LogP contribution is 2.32. The van der Waals surface area contributed by atoms with E-state index in [4.69, 9.17) is 4.74 Å². The zero-order valence-corrected chi connectivity index (χ0v) is 26.6. The van der Waals surface area contributed by atoms with E-state index in [1.807, 2.05) is 65.0 Å². The van der Waals surface area contributed by atoms with Gasteiger partial charge in [0.2, 0.25) is 11.8 Å². The normalized spacial score (nSPS) is 14.8. The van der Waals surface area contributed by atoms with Crippen molar-refractivity contribution in [3.63, 3.8) is 0 Å². The molecule has 228 valence electrons. The Kier molecular flexibility index (Phi) is 11.9. The van der Waals surface area contributed by atoms with E-state index in [0.29, 0.717) is 6.42 Å². The number of carbonyl (C=O) groups is 4. The number of likely N-dealkylation sites (N-methyl/N-ethyl adjacent to an activating group) is 2. The van der Waals surface area contributed by atoms with Crippen LogP contribution in [0.5, 0.6) is 0 Å². The van der Waals surface area contributed by atoms with Crippen LogP contribution in [0.2, 0.25) is 0 Å². The molecule has 0 aliphatic heterocycles. The second-order valence-corrected chi connectivity index (χ2v) is 13.1. The Morgan fingerprint density at radius 2 is 1.51 bits per heavy atom. The van der Waals surface area contributed by atoms with Gasteiger partial charge in [-0.1, -0.05) is 77.1 Å². The SMILES string of the molecule is C=CC[C@@H](/C=C(\C)C(=O)O)N(C)C(=O)[C@@H](NC(=O)C(N(C)C(=O)OC(C)(C)C)C(C)(C)c1ccccc1)C(C)(C)C. The van der Waals surface area contributed by atoms with Crippen molar-refractivity contribution in [2.24, 2.45) is 5.41 Å². The Morgan fingerprint density at radius 1 is 0.976 bits per heavy atom. The van der Waals surface area contributed by atoms with E-state index in [0.717, 1.165) is 5.56 Å². The van der Waals surface area contributed by atoms with Crippen LogP contribution in [0.3, 0.4) is 0 Å². The lowest BCUT2D eigenvalue weighted by Gasteiger charge is -2.42. The minimum atomic E-state index is -1.09. The monoisotopic (exact) mass is 571 g/mol. The van der Waals surface area contributed by atoms with Crippen LogP contribution in [-0.2, 0) is 24.5 Å². The van der Waals surface area contributed by atoms with E-state index < -0.39 is 58.4 Å². The van der Waals surface area contributed by atoms with Crippen molar-refractivity contribution in [3.8, 4) is 0 Å². The fourth-order valence-corrected chi connectivity index (χ4v) is 4.56. The molecule has 9 nitrogen and oxygen atoms in total. The number of aliphatic carboxylic acids is 1. The maximum absolute atomic E-state index is 14.2. The van der Waals surface area contributed by atoms with Crippen LogP contribution in [0.1, 0.15) is 74.3 Å². The van der Waals surface area contributed by atoms with Crippen LogP contribution in [0, 0.1) is 5.41 Å². The van der Waals surface area contributed by atoms with Crippen LogP contribution in [-0.4, -0.2) is 76.6 Å². The molecule has 0 spiro atoms. The van der Waals surface area contributed by atoms with Crippen LogP contribution < -0.4 is 5.32 Å². The summed E-state index contributed by atoms with van der Waals surface area (Å²) in [5.41, 5.74) is -1.46. The Balaban J connectivity index is 3.58. The molecule has 3 amide bonds. The molecule has 0 radical (unpaired) electrons. The first-order valence-corrected chi connectivity index (χ1v) is 13.8. The third-order valence-corrected chi connectivity index (χ3v) is 6.95. The van der Waals surface area contributed by atoms with Gasteiger partial charge in [0.05, 0.1) is 6.04 Å². The van der Waals surface area contributed by atoms with Gasteiger partial charge in [-0.3, -0.25) is 14.5 Å². The summed E-state index contributed by atoms with van der Waals surface area (Å²) in [6.45, 7) is 19.7. The lowest BCUT2D eigenvalue weighted by atomic mass is 9.76. The molecule has 1 aromatic carbocycles. The summed E-state index contributed by atoms with van der Waals surface area (Å²) >= 11 is 0. The minimum Gasteiger partial charge on any atom is -0.478 e. The summed E-state index contributed by atoms with van der Waals surface area (Å²) in [5, 5.41) is 12.3. The summed E-state index contributed by atoms with van der Waals surface area (Å²) in [4.78, 5) is 55.5. The van der Waals surface area contributed by atoms with E-state index in [1.54, 1.807) is 33.9 Å². The zero-order valence-electron chi connectivity index (χ0n) is 26.6. The van der Waals surface area contributed by atoms with Crippen molar-refractivity contribution in [1.82, 2.24) is 15.1 Å². The van der Waals surface area contributed by atoms with Crippen molar-refractivity contribution in [3.05, 3.63) is 60.2 Å². The third kappa shape index (κ3) is 9.76. The number of carbonyl (C=O) groups excluding carboxylic acids is 3. The molecular weight excluding hydrogens is 522 g/mol. The van der Waals surface area contributed by atoms with Gasteiger partial charge in [-0.2, -0.15) is 0 Å². The third-order valence-electron chi connectivity index (χ3n) is 6.95. The van der Waals surface area contributed by atoms with E-state index >= 15 is 0 Å². The average Bonchev–Trinajstić information content (AvgIpc) is 2.84. The highest BCUT2D eigenvalue weighted by molar-refractivity contribution is 5.93. The molecule has 0 heterocycles. The molecule has 1 rings (SSSR count). The summed E-state index contributed by atoms with van der Waals surface area (Å²) in [5.74, 6) is -2.01. The molecule has 0 saturated carbocycles. The Morgan fingerprint density at radius 3 is 1.95 bits per heavy atom. The van der Waals surface area contributed by atoms with Gasteiger partial charge < -0.3 is 20.1 Å². The zero-order chi connectivity index (χ0) is 31.9. The van der Waals surface area contributed by atoms with E-state index in [-0.39, 0.29) is 5.57 Å². The Labute approximate surface area is 245 Å². The summed E-state index contributed by atoms with van der Waals surface area (Å²) in [6, 6.07) is 6.76. The largest absolute Gasteiger partial charge is 0.478 e. The standard InChI is InChI=1S/C32H49N3O6/c1-13-17-23(20-21(2)28(38)39)34(11)27(37)24(30(3,4)5)33-26(36)25(35(12)29(40)41-31(6,7)8)32(9,10)22-18-15-14-16-19-22/h13-16,18-20,23-25H,1,17H2,2-12H3,(H,33,36)(H,38,39)/b21-20+/t23-,24+,25?/m0/s1. The molecule has 41 heavy (non-hydrogen) atoms. The van der Waals surface area contributed by atoms with Gasteiger partial charge in [-0.05, 0) is 45.1 Å². The van der Waals surface area contributed by atoms with Crippen molar-refractivity contribution in [2.45, 2.75) is 97.9 Å². The van der Waals surface area contributed by atoms with Crippen LogP contribution in [0.25, 0.3) is 0 Å². The van der Waals surface area contributed by atoms with Crippen molar-refractivity contribution >= 4 is 23.9 Å². The van der Waals surface area contributed by atoms with Crippen molar-refractivity contribution in [2.75, 3.05) is 14.1 Å². The van der Waals surface area contributed by atoms with Crippen LogP contribution in [0.4, 0.5) is 4.79 Å². The number of amides is 3. The number of rotatable bonds is 11. The first-order valence-electron chi connectivity index (χ1n) is 13.8. The molecule has 0 fully saturated rings. The molecule has 0 aliphatic carbocycles. The number of ether oxygens (including phenoxy) is 1. The number of hydrogen-bond donors (Lipinski definition) is 2. The van der Waals surface area contributed by atoms with Gasteiger partial charge in [0.25, 0.3) is 0 Å². The Bertz CT molecular complexity index is 1130. The number of nitrogens with one attached hydrogen (secondary N) is 1. The molecule has 2 N–H and O–H groups in total. The molecule has 9 heteroatoms. The fourth-order valence-electron chi connectivity index (χ4n) is 4.56. The minimum absolute atomic E-state index is 0.0940. The lowest BCUT2D eigenvalue weighted by Crippen LogP contribution is -2.63. The molecular formula is C32H49N3O6. The maximum Gasteiger partial charge on any atom is 0.410 e. The van der Waals surface area contributed by atoms with Crippen LogP contribution >= 0.6 is 0 Å². The quantitative estimate of drug-likeness (QED) is 0.280. The number of nitrogens with zero attached hydrogens (tertiary/aromatic N) is 2. The van der Waals surface area contributed by atoms with E-state index in [2.05, 4.69) is 11.9 Å². The lowest BCUT2D eigenvalue weighted by molar-refractivity contribution is -0.141. The number of carboxylic acids is 1.